The summed E-state index contributed by atoms with van der Waals surface area (Å²) >= 11 is 10.5. The molecule has 0 aliphatic carbocycles. The molecule has 202 valence electrons. The van der Waals surface area contributed by atoms with Crippen molar-refractivity contribution < 1.29 is 24.1 Å². The third kappa shape index (κ3) is 7.14. The highest BCUT2D eigenvalue weighted by Gasteiger charge is 2.19. The number of ether oxygens (including phenoxy) is 3. The van der Waals surface area contributed by atoms with Crippen molar-refractivity contribution in [2.75, 3.05) is 14.2 Å². The van der Waals surface area contributed by atoms with E-state index in [2.05, 4.69) is 26.1 Å². The van der Waals surface area contributed by atoms with Crippen LogP contribution < -0.4 is 14.2 Å². The Morgan fingerprint density at radius 3 is 2.33 bits per heavy atom. The van der Waals surface area contributed by atoms with E-state index >= 15 is 0 Å². The Balaban J connectivity index is 1.56. The van der Waals surface area contributed by atoms with Gasteiger partial charge in [-0.2, -0.15) is 0 Å². The summed E-state index contributed by atoms with van der Waals surface area (Å²) in [4.78, 5) is 12.3. The number of carboxylic acid groups (broad SMARTS) is 1. The first-order chi connectivity index (χ1) is 18.8. The fourth-order valence-electron chi connectivity index (χ4n) is 3.65. The normalized spacial score (nSPS) is 11.4. The Morgan fingerprint density at radius 2 is 1.74 bits per heavy atom. The van der Waals surface area contributed by atoms with Crippen molar-refractivity contribution in [1.82, 2.24) is 14.8 Å². The van der Waals surface area contributed by atoms with Crippen molar-refractivity contribution in [1.29, 1.82) is 0 Å². The van der Waals surface area contributed by atoms with E-state index in [4.69, 9.17) is 25.8 Å². The van der Waals surface area contributed by atoms with Crippen LogP contribution in [0.15, 0.2) is 75.2 Å². The number of hydrogen-bond donors (Lipinski definition) is 1. The number of aliphatic carboxylic acids is 1. The van der Waals surface area contributed by atoms with E-state index < -0.39 is 5.97 Å². The van der Waals surface area contributed by atoms with E-state index in [9.17, 15) is 9.90 Å². The van der Waals surface area contributed by atoms with Gasteiger partial charge in [-0.25, -0.2) is 4.79 Å². The van der Waals surface area contributed by atoms with E-state index in [0.29, 0.717) is 56.4 Å². The topological polar surface area (TPSA) is 95.7 Å². The highest BCUT2D eigenvalue weighted by molar-refractivity contribution is 9.10. The number of carbonyl (C=O) groups is 1. The molecule has 0 amide bonds. The first-order valence-corrected chi connectivity index (χ1v) is 13.8. The van der Waals surface area contributed by atoms with Gasteiger partial charge in [-0.3, -0.25) is 0 Å². The molecule has 0 aliphatic rings. The second kappa shape index (κ2) is 13.1. The van der Waals surface area contributed by atoms with Gasteiger partial charge in [-0.1, -0.05) is 29.8 Å². The van der Waals surface area contributed by atoms with Crippen molar-refractivity contribution in [2.24, 2.45) is 0 Å². The molecule has 0 unspecified atom stereocenters. The van der Waals surface area contributed by atoms with Crippen LogP contribution in [0.5, 0.6) is 17.2 Å². The Kier molecular flexibility index (Phi) is 9.55. The molecule has 11 heteroatoms. The Bertz CT molecular complexity index is 1490. The van der Waals surface area contributed by atoms with Crippen LogP contribution in [-0.4, -0.2) is 40.1 Å². The summed E-state index contributed by atoms with van der Waals surface area (Å²) in [5, 5.41) is 19.7. The number of halogens is 2. The Morgan fingerprint density at radius 1 is 1.05 bits per heavy atom. The molecule has 0 saturated heterocycles. The van der Waals surface area contributed by atoms with E-state index in [1.165, 1.54) is 0 Å². The SMILES string of the molecule is CCn1c(S/C(=C\c2ccc(OCc3ccc(Cl)cc3)c(Br)c2)C(=O)O)nnc1-c1cc(OC)cc(OC)c1. The van der Waals surface area contributed by atoms with Crippen LogP contribution >= 0.6 is 39.3 Å². The quantitative estimate of drug-likeness (QED) is 0.137. The van der Waals surface area contributed by atoms with E-state index in [1.807, 2.05) is 47.9 Å². The van der Waals surface area contributed by atoms with Crippen LogP contribution in [0.3, 0.4) is 0 Å². The number of thioether (sulfide) groups is 1. The lowest BCUT2D eigenvalue weighted by atomic mass is 10.2. The Hall–Kier alpha value is -3.47. The lowest BCUT2D eigenvalue weighted by molar-refractivity contribution is -0.131. The molecule has 4 aromatic rings. The van der Waals surface area contributed by atoms with Crippen LogP contribution in [0, 0.1) is 0 Å². The van der Waals surface area contributed by atoms with Crippen LogP contribution in [0.1, 0.15) is 18.1 Å². The lowest BCUT2D eigenvalue weighted by Gasteiger charge is -2.11. The van der Waals surface area contributed by atoms with Gasteiger partial charge in [0.25, 0.3) is 0 Å². The number of hydrogen-bond acceptors (Lipinski definition) is 7. The molecule has 39 heavy (non-hydrogen) atoms. The number of carboxylic acids is 1. The minimum absolute atomic E-state index is 0.0913. The van der Waals surface area contributed by atoms with Gasteiger partial charge in [0.15, 0.2) is 11.0 Å². The zero-order valence-corrected chi connectivity index (χ0v) is 24.5. The zero-order chi connectivity index (χ0) is 27.9. The first-order valence-electron chi connectivity index (χ1n) is 11.8. The summed E-state index contributed by atoms with van der Waals surface area (Å²) < 4.78 is 19.2. The Labute approximate surface area is 243 Å². The van der Waals surface area contributed by atoms with Gasteiger partial charge in [0.05, 0.1) is 18.7 Å². The van der Waals surface area contributed by atoms with E-state index in [-0.39, 0.29) is 4.91 Å². The van der Waals surface area contributed by atoms with Crippen molar-refractivity contribution >= 4 is 51.3 Å². The minimum Gasteiger partial charge on any atom is -0.497 e. The summed E-state index contributed by atoms with van der Waals surface area (Å²) in [6.45, 7) is 2.84. The molecule has 4 rings (SSSR count). The third-order valence-electron chi connectivity index (χ3n) is 5.62. The lowest BCUT2D eigenvalue weighted by Crippen LogP contribution is -2.03. The molecule has 1 N–H and O–H groups in total. The highest BCUT2D eigenvalue weighted by Crippen LogP contribution is 2.34. The van der Waals surface area contributed by atoms with Crippen molar-refractivity contribution in [2.45, 2.75) is 25.2 Å². The van der Waals surface area contributed by atoms with Crippen molar-refractivity contribution in [3.05, 3.63) is 86.2 Å². The minimum atomic E-state index is -1.07. The molecular formula is C28H25BrClN3O5S. The van der Waals surface area contributed by atoms with Gasteiger partial charge < -0.3 is 23.9 Å². The van der Waals surface area contributed by atoms with Crippen LogP contribution in [0.25, 0.3) is 17.5 Å². The van der Waals surface area contributed by atoms with E-state index in [0.717, 1.165) is 22.9 Å². The van der Waals surface area contributed by atoms with Gasteiger partial charge in [-0.05, 0) is 88.2 Å². The molecule has 0 radical (unpaired) electrons. The molecule has 0 aliphatic heterocycles. The average molecular weight is 631 g/mol. The van der Waals surface area contributed by atoms with Gasteiger partial charge in [0.2, 0.25) is 0 Å². The number of aromatic nitrogens is 3. The maximum absolute atomic E-state index is 12.2. The number of nitrogens with zero attached hydrogens (tertiary/aromatic N) is 3. The second-order valence-corrected chi connectivity index (χ2v) is 10.5. The van der Waals surface area contributed by atoms with Crippen molar-refractivity contribution in [3.63, 3.8) is 0 Å². The standard InChI is InChI=1S/C28H25BrClN3O5S/c1-4-33-26(19-13-21(36-2)15-22(14-19)37-3)31-32-28(33)39-25(27(34)35)12-18-7-10-24(23(29)11-18)38-16-17-5-8-20(30)9-6-17/h5-15H,4,16H2,1-3H3,(H,34,35)/b25-12-. The van der Waals surface area contributed by atoms with Crippen LogP contribution in [0.4, 0.5) is 0 Å². The summed E-state index contributed by atoms with van der Waals surface area (Å²) in [5.74, 6) is 1.36. The fourth-order valence-corrected chi connectivity index (χ4v) is 5.17. The largest absolute Gasteiger partial charge is 0.497 e. The molecule has 0 fully saturated rings. The molecule has 1 aromatic heterocycles. The molecular weight excluding hydrogens is 606 g/mol. The van der Waals surface area contributed by atoms with E-state index in [1.54, 1.807) is 44.6 Å². The summed E-state index contributed by atoms with van der Waals surface area (Å²) in [7, 11) is 3.15. The van der Waals surface area contributed by atoms with Crippen LogP contribution in [0.2, 0.25) is 5.02 Å². The molecule has 0 atom stereocenters. The van der Waals surface area contributed by atoms with Gasteiger partial charge >= 0.3 is 5.97 Å². The number of methoxy groups -OCH3 is 2. The molecule has 1 heterocycles. The van der Waals surface area contributed by atoms with Gasteiger partial charge in [0, 0.05) is 23.2 Å². The van der Waals surface area contributed by atoms with Crippen LogP contribution in [-0.2, 0) is 17.9 Å². The molecule has 8 nitrogen and oxygen atoms in total. The average Bonchev–Trinajstić information content (AvgIpc) is 3.35. The predicted molar refractivity (Wildman–Crippen MR) is 156 cm³/mol. The maximum atomic E-state index is 12.2. The molecule has 0 spiro atoms. The summed E-state index contributed by atoms with van der Waals surface area (Å²) in [5.41, 5.74) is 2.41. The van der Waals surface area contributed by atoms with Gasteiger partial charge in [0.1, 0.15) is 28.8 Å². The predicted octanol–water partition coefficient (Wildman–Crippen LogP) is 7.19. The number of rotatable bonds is 11. The number of benzene rings is 3. The maximum Gasteiger partial charge on any atom is 0.342 e. The zero-order valence-electron chi connectivity index (χ0n) is 21.4. The van der Waals surface area contributed by atoms with Crippen molar-refractivity contribution in [3.8, 4) is 28.6 Å². The monoisotopic (exact) mass is 629 g/mol. The summed E-state index contributed by atoms with van der Waals surface area (Å²) in [6.07, 6.45) is 1.59. The molecule has 3 aromatic carbocycles. The third-order valence-corrected chi connectivity index (χ3v) is 7.48. The highest BCUT2D eigenvalue weighted by atomic mass is 79.9. The first kappa shape index (κ1) is 28.5. The second-order valence-electron chi connectivity index (χ2n) is 8.17. The summed E-state index contributed by atoms with van der Waals surface area (Å²) in [6, 6.07) is 18.2. The fraction of sp³-hybridized carbons (Fsp3) is 0.179. The van der Waals surface area contributed by atoms with Gasteiger partial charge in [-0.15, -0.1) is 10.2 Å². The molecule has 0 bridgehead atoms. The smallest absolute Gasteiger partial charge is 0.342 e. The molecule has 0 saturated carbocycles.